The van der Waals surface area contributed by atoms with Gasteiger partial charge in [0.15, 0.2) is 5.96 Å². The second-order valence-corrected chi connectivity index (χ2v) is 4.75. The van der Waals surface area contributed by atoms with Crippen LogP contribution in [0.4, 0.5) is 0 Å². The molecule has 3 rings (SSSR count). The standard InChI is InChI=1S/C13H15N3O2/c14-13(15)16-12(17)10-6-9(10)7-2-1-3-11-8(7)4-5-18-11/h1-3,9-10H,4-6H2,(H4,14,15,16,17)/t9-,10+/m1/s1. The maximum absolute atomic E-state index is 11.7. The lowest BCUT2D eigenvalue weighted by Crippen LogP contribution is -2.24. The molecule has 1 amide bonds. The van der Waals surface area contributed by atoms with Gasteiger partial charge >= 0.3 is 0 Å². The first-order valence-electron chi connectivity index (χ1n) is 6.05. The van der Waals surface area contributed by atoms with E-state index < -0.39 is 0 Å². The number of hydrogen-bond acceptors (Lipinski definition) is 2. The molecule has 5 nitrogen and oxygen atoms in total. The second kappa shape index (κ2) is 4.01. The Morgan fingerprint density at radius 1 is 1.39 bits per heavy atom. The molecular formula is C13H15N3O2. The molecule has 0 bridgehead atoms. The average molecular weight is 245 g/mol. The van der Waals surface area contributed by atoms with Crippen LogP contribution in [0.2, 0.25) is 0 Å². The highest BCUT2D eigenvalue weighted by Crippen LogP contribution is 2.51. The van der Waals surface area contributed by atoms with Gasteiger partial charge in [-0.05, 0) is 24.0 Å². The average Bonchev–Trinajstić information content (AvgIpc) is 2.97. The van der Waals surface area contributed by atoms with Crippen molar-refractivity contribution >= 4 is 11.9 Å². The highest BCUT2D eigenvalue weighted by molar-refractivity contribution is 5.94. The van der Waals surface area contributed by atoms with Crippen molar-refractivity contribution in [1.82, 2.24) is 0 Å². The predicted molar refractivity (Wildman–Crippen MR) is 67.3 cm³/mol. The Balaban J connectivity index is 1.81. The first-order valence-corrected chi connectivity index (χ1v) is 6.05. The predicted octanol–water partition coefficient (Wildman–Crippen LogP) is 0.525. The van der Waals surface area contributed by atoms with Gasteiger partial charge in [0.1, 0.15) is 5.75 Å². The lowest BCUT2D eigenvalue weighted by molar-refractivity contribution is -0.119. The monoisotopic (exact) mass is 245 g/mol. The van der Waals surface area contributed by atoms with Gasteiger partial charge < -0.3 is 16.2 Å². The van der Waals surface area contributed by atoms with Crippen LogP contribution in [-0.2, 0) is 11.2 Å². The fourth-order valence-electron chi connectivity index (χ4n) is 2.62. The number of amides is 1. The van der Waals surface area contributed by atoms with E-state index in [9.17, 15) is 4.79 Å². The highest BCUT2D eigenvalue weighted by atomic mass is 16.5. The lowest BCUT2D eigenvalue weighted by Gasteiger charge is -2.05. The molecular weight excluding hydrogens is 230 g/mol. The molecule has 1 aromatic rings. The number of nitrogens with zero attached hydrogens (tertiary/aromatic N) is 1. The Hall–Kier alpha value is -2.04. The molecule has 5 heteroatoms. The zero-order chi connectivity index (χ0) is 12.7. The Labute approximate surface area is 105 Å². The molecule has 1 aliphatic carbocycles. The third-order valence-electron chi connectivity index (χ3n) is 3.53. The van der Waals surface area contributed by atoms with Gasteiger partial charge in [-0.25, -0.2) is 0 Å². The summed E-state index contributed by atoms with van der Waals surface area (Å²) in [7, 11) is 0. The van der Waals surface area contributed by atoms with Gasteiger partial charge in [-0.2, -0.15) is 4.99 Å². The quantitative estimate of drug-likeness (QED) is 0.587. The maximum Gasteiger partial charge on any atom is 0.252 e. The van der Waals surface area contributed by atoms with Crippen LogP contribution in [0, 0.1) is 5.92 Å². The second-order valence-electron chi connectivity index (χ2n) is 4.75. The number of guanidine groups is 1. The zero-order valence-electron chi connectivity index (χ0n) is 9.93. The first-order chi connectivity index (χ1) is 8.66. The molecule has 0 aromatic heterocycles. The summed E-state index contributed by atoms with van der Waals surface area (Å²) in [6, 6.07) is 6.02. The van der Waals surface area contributed by atoms with Gasteiger partial charge in [0.25, 0.3) is 5.91 Å². The normalized spacial score (nSPS) is 24.0. The number of carbonyl (C=O) groups is 1. The van der Waals surface area contributed by atoms with Gasteiger partial charge in [-0.3, -0.25) is 4.79 Å². The number of benzene rings is 1. The third kappa shape index (κ3) is 1.81. The first kappa shape index (κ1) is 11.1. The SMILES string of the molecule is NC(N)=NC(=O)[C@H]1C[C@@H]1c1cccc2c1CCO2. The van der Waals surface area contributed by atoms with Crippen LogP contribution < -0.4 is 16.2 Å². The molecule has 18 heavy (non-hydrogen) atoms. The number of carbonyl (C=O) groups excluding carboxylic acids is 1. The summed E-state index contributed by atoms with van der Waals surface area (Å²) in [6.07, 6.45) is 1.75. The Morgan fingerprint density at radius 2 is 2.22 bits per heavy atom. The number of fused-ring (bicyclic) bond motifs is 1. The summed E-state index contributed by atoms with van der Waals surface area (Å²) < 4.78 is 5.52. The van der Waals surface area contributed by atoms with E-state index in [2.05, 4.69) is 11.1 Å². The largest absolute Gasteiger partial charge is 0.493 e. The van der Waals surface area contributed by atoms with E-state index in [1.54, 1.807) is 0 Å². The molecule has 0 spiro atoms. The van der Waals surface area contributed by atoms with Crippen LogP contribution in [0.1, 0.15) is 23.5 Å². The highest BCUT2D eigenvalue weighted by Gasteiger charge is 2.45. The van der Waals surface area contributed by atoms with E-state index in [1.165, 1.54) is 11.1 Å². The number of aliphatic imine (C=N–C) groups is 1. The van der Waals surface area contributed by atoms with Crippen molar-refractivity contribution in [3.8, 4) is 5.75 Å². The number of nitrogens with two attached hydrogens (primary N) is 2. The van der Waals surface area contributed by atoms with E-state index in [0.29, 0.717) is 0 Å². The zero-order valence-corrected chi connectivity index (χ0v) is 9.93. The minimum absolute atomic E-state index is 0.0702. The third-order valence-corrected chi connectivity index (χ3v) is 3.53. The summed E-state index contributed by atoms with van der Waals surface area (Å²) >= 11 is 0. The number of hydrogen-bond donors (Lipinski definition) is 2. The van der Waals surface area contributed by atoms with E-state index in [0.717, 1.165) is 25.2 Å². The van der Waals surface area contributed by atoms with Gasteiger partial charge in [-0.1, -0.05) is 12.1 Å². The van der Waals surface area contributed by atoms with Crippen LogP contribution in [0.25, 0.3) is 0 Å². The fraction of sp³-hybridized carbons (Fsp3) is 0.385. The van der Waals surface area contributed by atoms with Crippen molar-refractivity contribution in [2.45, 2.75) is 18.8 Å². The molecule has 94 valence electrons. The molecule has 0 saturated heterocycles. The number of rotatable bonds is 2. The van der Waals surface area contributed by atoms with Crippen molar-refractivity contribution in [3.63, 3.8) is 0 Å². The van der Waals surface area contributed by atoms with E-state index in [4.69, 9.17) is 16.2 Å². The smallest absolute Gasteiger partial charge is 0.252 e. The molecule has 4 N–H and O–H groups in total. The number of ether oxygens (including phenoxy) is 1. The summed E-state index contributed by atoms with van der Waals surface area (Å²) in [4.78, 5) is 15.3. The van der Waals surface area contributed by atoms with E-state index in [1.807, 2.05) is 12.1 Å². The van der Waals surface area contributed by atoms with Crippen molar-refractivity contribution in [2.75, 3.05) is 6.61 Å². The van der Waals surface area contributed by atoms with E-state index in [-0.39, 0.29) is 23.7 Å². The summed E-state index contributed by atoms with van der Waals surface area (Å²) in [5, 5.41) is 0. The molecule has 1 heterocycles. The molecule has 0 radical (unpaired) electrons. The Kier molecular flexibility index (Phi) is 2.47. The van der Waals surface area contributed by atoms with Crippen LogP contribution >= 0.6 is 0 Å². The lowest BCUT2D eigenvalue weighted by atomic mass is 10.00. The van der Waals surface area contributed by atoms with Crippen LogP contribution in [0.5, 0.6) is 5.75 Å². The molecule has 0 unspecified atom stereocenters. The molecule has 1 saturated carbocycles. The maximum atomic E-state index is 11.7. The van der Waals surface area contributed by atoms with E-state index >= 15 is 0 Å². The van der Waals surface area contributed by atoms with Crippen molar-refractivity contribution in [1.29, 1.82) is 0 Å². The van der Waals surface area contributed by atoms with Gasteiger partial charge in [0.2, 0.25) is 0 Å². The van der Waals surface area contributed by atoms with Crippen LogP contribution in [-0.4, -0.2) is 18.5 Å². The summed E-state index contributed by atoms with van der Waals surface area (Å²) in [5.41, 5.74) is 12.9. The van der Waals surface area contributed by atoms with Crippen molar-refractivity contribution < 1.29 is 9.53 Å². The van der Waals surface area contributed by atoms with Crippen molar-refractivity contribution in [2.24, 2.45) is 22.4 Å². The van der Waals surface area contributed by atoms with Crippen LogP contribution in [0.15, 0.2) is 23.2 Å². The minimum Gasteiger partial charge on any atom is -0.493 e. The molecule has 2 aliphatic rings. The fourth-order valence-corrected chi connectivity index (χ4v) is 2.62. The van der Waals surface area contributed by atoms with Crippen molar-refractivity contribution in [3.05, 3.63) is 29.3 Å². The minimum atomic E-state index is -0.212. The topological polar surface area (TPSA) is 90.7 Å². The molecule has 1 aliphatic heterocycles. The Bertz CT molecular complexity index is 535. The Morgan fingerprint density at radius 3 is 3.00 bits per heavy atom. The van der Waals surface area contributed by atoms with Crippen LogP contribution in [0.3, 0.4) is 0 Å². The molecule has 1 aromatic carbocycles. The van der Waals surface area contributed by atoms with Gasteiger partial charge in [-0.15, -0.1) is 0 Å². The molecule has 2 atom stereocenters. The van der Waals surface area contributed by atoms with Gasteiger partial charge in [0.05, 0.1) is 6.61 Å². The van der Waals surface area contributed by atoms with Gasteiger partial charge in [0, 0.05) is 17.9 Å². The summed E-state index contributed by atoms with van der Waals surface area (Å²) in [5.74, 6) is 0.757. The summed E-state index contributed by atoms with van der Waals surface area (Å²) in [6.45, 7) is 0.728. The molecule has 1 fully saturated rings.